The molecule has 0 radical (unpaired) electrons. The molecule has 1 amide bonds. The highest BCUT2D eigenvalue weighted by molar-refractivity contribution is 6.30. The molecule has 7 heteroatoms. The highest BCUT2D eigenvalue weighted by Gasteiger charge is 2.22. The predicted octanol–water partition coefficient (Wildman–Crippen LogP) is 4.02. The Labute approximate surface area is 167 Å². The number of carbonyl (C=O) groups excluding carboxylic acids is 1. The summed E-state index contributed by atoms with van der Waals surface area (Å²) >= 11 is 6.04. The van der Waals surface area contributed by atoms with E-state index in [1.54, 1.807) is 41.2 Å². The van der Waals surface area contributed by atoms with E-state index in [9.17, 15) is 9.18 Å². The van der Waals surface area contributed by atoms with Gasteiger partial charge in [-0.2, -0.15) is 5.10 Å². The Morgan fingerprint density at radius 3 is 2.57 bits per heavy atom. The van der Waals surface area contributed by atoms with Crippen molar-refractivity contribution in [1.82, 2.24) is 14.7 Å². The number of anilines is 1. The number of nitrogens with zero attached hydrogens (tertiary/aromatic N) is 4. The minimum absolute atomic E-state index is 0.0817. The Bertz CT molecular complexity index is 973. The van der Waals surface area contributed by atoms with Gasteiger partial charge in [-0.1, -0.05) is 17.7 Å². The molecule has 0 unspecified atom stereocenters. The van der Waals surface area contributed by atoms with Gasteiger partial charge in [0.25, 0.3) is 5.91 Å². The smallest absolute Gasteiger partial charge is 0.274 e. The molecule has 1 saturated heterocycles. The summed E-state index contributed by atoms with van der Waals surface area (Å²) in [4.78, 5) is 16.9. The molecule has 3 aromatic rings. The van der Waals surface area contributed by atoms with Gasteiger partial charge in [-0.3, -0.25) is 4.79 Å². The predicted molar refractivity (Wildman–Crippen MR) is 108 cm³/mol. The van der Waals surface area contributed by atoms with Gasteiger partial charge in [0.05, 0.1) is 5.69 Å². The first-order chi connectivity index (χ1) is 13.6. The third-order valence-electron chi connectivity index (χ3n) is 4.86. The zero-order valence-electron chi connectivity index (χ0n) is 15.3. The topological polar surface area (TPSA) is 41.4 Å². The molecule has 0 spiro atoms. The number of amides is 1. The SMILES string of the molecule is O=C(c1ccn(-c2cccc(Cl)c2)n1)N1CCCN(c2ccc(F)cc2)CC1. The summed E-state index contributed by atoms with van der Waals surface area (Å²) in [5, 5.41) is 5.05. The third-order valence-corrected chi connectivity index (χ3v) is 5.09. The average Bonchev–Trinajstić information content (AvgIpc) is 3.07. The van der Waals surface area contributed by atoms with E-state index in [-0.39, 0.29) is 11.7 Å². The largest absolute Gasteiger partial charge is 0.370 e. The molecule has 0 aliphatic carbocycles. The van der Waals surface area contributed by atoms with Crippen LogP contribution in [0.25, 0.3) is 5.69 Å². The van der Waals surface area contributed by atoms with Gasteiger partial charge in [0.15, 0.2) is 5.69 Å². The minimum atomic E-state index is -0.245. The van der Waals surface area contributed by atoms with E-state index < -0.39 is 0 Å². The van der Waals surface area contributed by atoms with Crippen LogP contribution in [0.2, 0.25) is 5.02 Å². The van der Waals surface area contributed by atoms with E-state index in [0.29, 0.717) is 30.4 Å². The normalized spacial score (nSPS) is 14.8. The van der Waals surface area contributed by atoms with E-state index in [2.05, 4.69) is 10.00 Å². The van der Waals surface area contributed by atoms with Crippen molar-refractivity contribution in [2.24, 2.45) is 0 Å². The molecular weight excluding hydrogens is 379 g/mol. The second-order valence-corrected chi connectivity index (χ2v) is 7.17. The summed E-state index contributed by atoms with van der Waals surface area (Å²) < 4.78 is 14.8. The third kappa shape index (κ3) is 4.02. The molecule has 28 heavy (non-hydrogen) atoms. The van der Waals surface area contributed by atoms with Crippen LogP contribution in [0.5, 0.6) is 0 Å². The first-order valence-corrected chi connectivity index (χ1v) is 9.59. The fourth-order valence-electron chi connectivity index (χ4n) is 3.39. The van der Waals surface area contributed by atoms with Crippen molar-refractivity contribution in [2.75, 3.05) is 31.1 Å². The first-order valence-electron chi connectivity index (χ1n) is 9.21. The van der Waals surface area contributed by atoms with Crippen molar-refractivity contribution in [2.45, 2.75) is 6.42 Å². The Kier molecular flexibility index (Phi) is 5.30. The summed E-state index contributed by atoms with van der Waals surface area (Å²) in [6, 6.07) is 15.5. The van der Waals surface area contributed by atoms with E-state index in [0.717, 1.165) is 24.3 Å². The van der Waals surface area contributed by atoms with Gasteiger partial charge in [-0.15, -0.1) is 0 Å². The van der Waals surface area contributed by atoms with Crippen LogP contribution in [0.15, 0.2) is 60.8 Å². The number of benzene rings is 2. The van der Waals surface area contributed by atoms with Crippen LogP contribution in [-0.4, -0.2) is 46.8 Å². The second-order valence-electron chi connectivity index (χ2n) is 6.73. The molecule has 0 saturated carbocycles. The summed E-state index contributed by atoms with van der Waals surface area (Å²) in [6.45, 7) is 2.79. The molecule has 0 N–H and O–H groups in total. The molecule has 1 aliphatic heterocycles. The zero-order chi connectivity index (χ0) is 19.5. The fourth-order valence-corrected chi connectivity index (χ4v) is 3.58. The van der Waals surface area contributed by atoms with Gasteiger partial charge >= 0.3 is 0 Å². The van der Waals surface area contributed by atoms with Gasteiger partial charge in [-0.25, -0.2) is 9.07 Å². The summed E-state index contributed by atoms with van der Waals surface area (Å²) in [6.07, 6.45) is 2.61. The van der Waals surface area contributed by atoms with Crippen LogP contribution in [0.1, 0.15) is 16.9 Å². The van der Waals surface area contributed by atoms with E-state index in [4.69, 9.17) is 11.6 Å². The summed E-state index contributed by atoms with van der Waals surface area (Å²) in [5.41, 5.74) is 2.20. The van der Waals surface area contributed by atoms with Crippen LogP contribution < -0.4 is 4.90 Å². The van der Waals surface area contributed by atoms with Crippen molar-refractivity contribution in [3.05, 3.63) is 77.3 Å². The van der Waals surface area contributed by atoms with Crippen LogP contribution in [0.4, 0.5) is 10.1 Å². The van der Waals surface area contributed by atoms with Gasteiger partial charge in [0.2, 0.25) is 0 Å². The lowest BCUT2D eigenvalue weighted by molar-refractivity contribution is 0.0760. The molecule has 1 aliphatic rings. The number of aromatic nitrogens is 2. The van der Waals surface area contributed by atoms with Crippen LogP contribution >= 0.6 is 11.6 Å². The summed E-state index contributed by atoms with van der Waals surface area (Å²) in [7, 11) is 0. The molecule has 2 heterocycles. The molecule has 1 fully saturated rings. The Balaban J connectivity index is 1.45. The van der Waals surface area contributed by atoms with Gasteiger partial charge < -0.3 is 9.80 Å². The van der Waals surface area contributed by atoms with Crippen LogP contribution in [-0.2, 0) is 0 Å². The number of hydrogen-bond donors (Lipinski definition) is 0. The standard InChI is InChI=1S/C21H20ClFN4O/c22-16-3-1-4-19(15-16)27-12-9-20(24-27)21(28)26-11-2-10-25(13-14-26)18-7-5-17(23)6-8-18/h1,3-9,12,15H,2,10-11,13-14H2. The first kappa shape index (κ1) is 18.5. The lowest BCUT2D eigenvalue weighted by atomic mass is 10.2. The van der Waals surface area contributed by atoms with Gasteiger partial charge in [-0.05, 0) is 55.0 Å². The highest BCUT2D eigenvalue weighted by Crippen LogP contribution is 2.19. The van der Waals surface area contributed by atoms with E-state index in [1.165, 1.54) is 12.1 Å². The maximum absolute atomic E-state index is 13.1. The van der Waals surface area contributed by atoms with Crippen molar-refractivity contribution in [3.8, 4) is 5.69 Å². The maximum atomic E-state index is 13.1. The molecule has 5 nitrogen and oxygen atoms in total. The van der Waals surface area contributed by atoms with Crippen molar-refractivity contribution in [3.63, 3.8) is 0 Å². The van der Waals surface area contributed by atoms with Gasteiger partial charge in [0.1, 0.15) is 5.82 Å². The Morgan fingerprint density at radius 1 is 0.964 bits per heavy atom. The van der Waals surface area contributed by atoms with E-state index in [1.807, 2.05) is 17.0 Å². The quantitative estimate of drug-likeness (QED) is 0.669. The molecule has 0 bridgehead atoms. The van der Waals surface area contributed by atoms with Crippen molar-refractivity contribution in [1.29, 1.82) is 0 Å². The maximum Gasteiger partial charge on any atom is 0.274 e. The monoisotopic (exact) mass is 398 g/mol. The van der Waals surface area contributed by atoms with Crippen molar-refractivity contribution < 1.29 is 9.18 Å². The molecule has 2 aromatic carbocycles. The summed E-state index contributed by atoms with van der Waals surface area (Å²) in [5.74, 6) is -0.326. The lowest BCUT2D eigenvalue weighted by Gasteiger charge is -2.23. The molecule has 4 rings (SSSR count). The molecule has 0 atom stereocenters. The minimum Gasteiger partial charge on any atom is -0.370 e. The average molecular weight is 399 g/mol. The number of hydrogen-bond acceptors (Lipinski definition) is 3. The Morgan fingerprint density at radius 2 is 1.79 bits per heavy atom. The molecular formula is C21H20ClFN4O. The fraction of sp³-hybridized carbons (Fsp3) is 0.238. The number of halogens is 2. The molecule has 1 aromatic heterocycles. The van der Waals surface area contributed by atoms with Crippen molar-refractivity contribution >= 4 is 23.2 Å². The number of rotatable bonds is 3. The second kappa shape index (κ2) is 8.02. The van der Waals surface area contributed by atoms with Gasteiger partial charge in [0, 0.05) is 43.1 Å². The van der Waals surface area contributed by atoms with Crippen LogP contribution in [0.3, 0.4) is 0 Å². The Hall–Kier alpha value is -2.86. The lowest BCUT2D eigenvalue weighted by Crippen LogP contribution is -2.35. The van der Waals surface area contributed by atoms with E-state index >= 15 is 0 Å². The molecule has 144 valence electrons. The van der Waals surface area contributed by atoms with Crippen LogP contribution in [0, 0.1) is 5.82 Å². The highest BCUT2D eigenvalue weighted by atomic mass is 35.5. The number of carbonyl (C=O) groups is 1. The zero-order valence-corrected chi connectivity index (χ0v) is 16.0.